The van der Waals surface area contributed by atoms with Gasteiger partial charge >= 0.3 is 0 Å². The fraction of sp³-hybridized carbons (Fsp3) is 0.182. The number of amides is 1. The van der Waals surface area contributed by atoms with E-state index in [-0.39, 0.29) is 17.8 Å². The molecule has 1 aromatic rings. The highest BCUT2D eigenvalue weighted by molar-refractivity contribution is 6.08. The number of Topliss-reactive ketones (excluding diaryl/α,β-unsaturated/α-hetero) is 1. The van der Waals surface area contributed by atoms with Crippen LogP contribution >= 0.6 is 0 Å². The molecule has 2 rings (SSSR count). The van der Waals surface area contributed by atoms with Crippen molar-refractivity contribution in [3.63, 3.8) is 0 Å². The minimum Gasteiger partial charge on any atom is -0.366 e. The Kier molecular flexibility index (Phi) is 3.04. The average molecular weight is 230 g/mol. The Balaban J connectivity index is 2.46. The Hall–Kier alpha value is -2.37. The van der Waals surface area contributed by atoms with Gasteiger partial charge in [0.05, 0.1) is 11.5 Å². The van der Waals surface area contributed by atoms with E-state index in [1.807, 2.05) is 0 Å². The predicted octanol–water partition coefficient (Wildman–Crippen LogP) is 0.293. The maximum atomic E-state index is 11.8. The Morgan fingerprint density at radius 2 is 2.24 bits per heavy atom. The first-order chi connectivity index (χ1) is 8.20. The summed E-state index contributed by atoms with van der Waals surface area (Å²) in [7, 11) is 0. The summed E-state index contributed by atoms with van der Waals surface area (Å²) in [5.41, 5.74) is 6.00. The molecule has 2 heterocycles. The van der Waals surface area contributed by atoms with Crippen LogP contribution in [0.2, 0.25) is 0 Å². The number of nitrogens with two attached hydrogens (primary N) is 1. The maximum Gasteiger partial charge on any atom is 0.250 e. The highest BCUT2D eigenvalue weighted by Crippen LogP contribution is 2.20. The predicted molar refractivity (Wildman–Crippen MR) is 62.1 cm³/mol. The molecular formula is C11H10N4O2. The summed E-state index contributed by atoms with van der Waals surface area (Å²) in [6.45, 7) is 0. The molecule has 1 aliphatic heterocycles. The number of nitrogens with zero attached hydrogens (tertiary/aromatic N) is 3. The van der Waals surface area contributed by atoms with Crippen molar-refractivity contribution >= 4 is 24.1 Å². The monoisotopic (exact) mass is 230 g/mol. The lowest BCUT2D eigenvalue weighted by Crippen LogP contribution is -2.20. The summed E-state index contributed by atoms with van der Waals surface area (Å²) in [5.74, 6) is -1.29. The van der Waals surface area contributed by atoms with Gasteiger partial charge in [-0.2, -0.15) is 10.2 Å². The van der Waals surface area contributed by atoms with Crippen LogP contribution in [0.4, 0.5) is 0 Å². The van der Waals surface area contributed by atoms with Crippen LogP contribution in [0.25, 0.3) is 0 Å². The molecule has 0 fully saturated rings. The van der Waals surface area contributed by atoms with Gasteiger partial charge in [-0.25, -0.2) is 0 Å². The minimum atomic E-state index is -0.612. The van der Waals surface area contributed by atoms with Gasteiger partial charge in [-0.3, -0.25) is 14.6 Å². The molecule has 0 radical (unpaired) electrons. The lowest BCUT2D eigenvalue weighted by molar-refractivity contribution is -0.117. The average Bonchev–Trinajstić information content (AvgIpc) is 2.54. The first-order valence-electron chi connectivity index (χ1n) is 5.01. The molecule has 1 unspecified atom stereocenters. The number of rotatable bonds is 2. The lowest BCUT2D eigenvalue weighted by Gasteiger charge is -2.11. The van der Waals surface area contributed by atoms with E-state index in [4.69, 9.17) is 5.73 Å². The Morgan fingerprint density at radius 1 is 1.41 bits per heavy atom. The topological polar surface area (TPSA) is 97.8 Å². The van der Waals surface area contributed by atoms with E-state index in [0.29, 0.717) is 5.56 Å². The third-order valence-electron chi connectivity index (χ3n) is 2.46. The number of hydrogen-bond acceptors (Lipinski definition) is 5. The van der Waals surface area contributed by atoms with E-state index in [1.165, 1.54) is 24.8 Å². The van der Waals surface area contributed by atoms with Crippen molar-refractivity contribution in [1.82, 2.24) is 4.98 Å². The number of pyridine rings is 1. The minimum absolute atomic E-state index is 0.0799. The van der Waals surface area contributed by atoms with Crippen molar-refractivity contribution < 1.29 is 9.59 Å². The van der Waals surface area contributed by atoms with Gasteiger partial charge in [-0.05, 0) is 11.6 Å². The van der Waals surface area contributed by atoms with Gasteiger partial charge in [-0.1, -0.05) is 0 Å². The zero-order valence-electron chi connectivity index (χ0n) is 8.91. The molecule has 0 bridgehead atoms. The second-order valence-corrected chi connectivity index (χ2v) is 3.54. The SMILES string of the molecule is NC(=O)c1cnccc1C1C=NN=CCC1=O. The number of carbonyl (C=O) groups is 2. The Bertz CT molecular complexity index is 522. The van der Waals surface area contributed by atoms with Crippen LogP contribution in [0.3, 0.4) is 0 Å². The van der Waals surface area contributed by atoms with Crippen molar-refractivity contribution in [2.24, 2.45) is 15.9 Å². The summed E-state index contributed by atoms with van der Waals surface area (Å²) in [6.07, 6.45) is 5.89. The fourth-order valence-corrected chi connectivity index (χ4v) is 1.63. The maximum absolute atomic E-state index is 11.8. The highest BCUT2D eigenvalue weighted by Gasteiger charge is 2.23. The molecule has 1 aromatic heterocycles. The largest absolute Gasteiger partial charge is 0.366 e. The van der Waals surface area contributed by atoms with Gasteiger partial charge in [-0.15, -0.1) is 0 Å². The molecule has 1 atom stereocenters. The molecular weight excluding hydrogens is 220 g/mol. The number of ketones is 1. The van der Waals surface area contributed by atoms with Gasteiger partial charge in [0, 0.05) is 31.2 Å². The van der Waals surface area contributed by atoms with Crippen LogP contribution in [-0.4, -0.2) is 29.1 Å². The summed E-state index contributed by atoms with van der Waals surface area (Å²) >= 11 is 0. The van der Waals surface area contributed by atoms with Crippen LogP contribution in [0.1, 0.15) is 28.3 Å². The molecule has 1 amide bonds. The van der Waals surface area contributed by atoms with E-state index in [2.05, 4.69) is 15.2 Å². The second-order valence-electron chi connectivity index (χ2n) is 3.54. The Labute approximate surface area is 97.3 Å². The molecule has 6 nitrogen and oxygen atoms in total. The number of aromatic nitrogens is 1. The third-order valence-corrected chi connectivity index (χ3v) is 2.46. The molecule has 86 valence electrons. The zero-order valence-corrected chi connectivity index (χ0v) is 8.91. The van der Waals surface area contributed by atoms with Crippen LogP contribution < -0.4 is 5.73 Å². The summed E-state index contributed by atoms with van der Waals surface area (Å²) in [6, 6.07) is 1.60. The normalized spacial score (nSPS) is 19.1. The van der Waals surface area contributed by atoms with Crippen LogP contribution in [0.15, 0.2) is 28.7 Å². The molecule has 0 spiro atoms. The summed E-state index contributed by atoms with van der Waals surface area (Å²) < 4.78 is 0. The van der Waals surface area contributed by atoms with E-state index in [0.717, 1.165) is 0 Å². The number of primary amides is 1. The first-order valence-corrected chi connectivity index (χ1v) is 5.01. The van der Waals surface area contributed by atoms with Crippen LogP contribution in [-0.2, 0) is 4.79 Å². The molecule has 0 saturated carbocycles. The summed E-state index contributed by atoms with van der Waals surface area (Å²) in [5, 5.41) is 7.39. The first kappa shape index (κ1) is 11.1. The van der Waals surface area contributed by atoms with Crippen molar-refractivity contribution in [1.29, 1.82) is 0 Å². The van der Waals surface area contributed by atoms with E-state index in [1.54, 1.807) is 6.07 Å². The van der Waals surface area contributed by atoms with Crippen molar-refractivity contribution in [2.45, 2.75) is 12.3 Å². The fourth-order valence-electron chi connectivity index (χ4n) is 1.63. The van der Waals surface area contributed by atoms with Gasteiger partial charge in [0.25, 0.3) is 5.91 Å². The quantitative estimate of drug-likeness (QED) is 0.790. The van der Waals surface area contributed by atoms with Crippen LogP contribution in [0.5, 0.6) is 0 Å². The molecule has 1 aliphatic rings. The van der Waals surface area contributed by atoms with E-state index >= 15 is 0 Å². The highest BCUT2D eigenvalue weighted by atomic mass is 16.1. The lowest BCUT2D eigenvalue weighted by atomic mass is 9.91. The van der Waals surface area contributed by atoms with Crippen molar-refractivity contribution in [3.8, 4) is 0 Å². The van der Waals surface area contributed by atoms with Crippen LogP contribution in [0, 0.1) is 0 Å². The molecule has 17 heavy (non-hydrogen) atoms. The van der Waals surface area contributed by atoms with E-state index < -0.39 is 11.8 Å². The molecule has 2 N–H and O–H groups in total. The van der Waals surface area contributed by atoms with Crippen molar-refractivity contribution in [3.05, 3.63) is 29.6 Å². The van der Waals surface area contributed by atoms with Gasteiger partial charge in [0.2, 0.25) is 0 Å². The Morgan fingerprint density at radius 3 is 3.00 bits per heavy atom. The second kappa shape index (κ2) is 4.65. The van der Waals surface area contributed by atoms with Gasteiger partial charge in [0.1, 0.15) is 0 Å². The van der Waals surface area contributed by atoms with Crippen molar-refractivity contribution in [2.75, 3.05) is 0 Å². The molecule has 0 saturated heterocycles. The number of carbonyl (C=O) groups excluding carboxylic acids is 2. The van der Waals surface area contributed by atoms with Gasteiger partial charge < -0.3 is 5.73 Å². The molecule has 0 aromatic carbocycles. The standard InChI is InChI=1S/C11H10N4O2/c12-11(17)9-5-13-3-1-7(9)8-6-15-14-4-2-10(8)16/h1,3-6,8H,2H2,(H2,12,17). The third kappa shape index (κ3) is 2.25. The summed E-state index contributed by atoms with van der Waals surface area (Å²) in [4.78, 5) is 26.9. The van der Waals surface area contributed by atoms with Gasteiger partial charge in [0.15, 0.2) is 5.78 Å². The van der Waals surface area contributed by atoms with E-state index in [9.17, 15) is 9.59 Å². The zero-order chi connectivity index (χ0) is 12.3. The molecule has 6 heteroatoms. The molecule has 0 aliphatic carbocycles. The number of hydrogen-bond donors (Lipinski definition) is 1. The smallest absolute Gasteiger partial charge is 0.250 e.